The van der Waals surface area contributed by atoms with E-state index in [-0.39, 0.29) is 30.3 Å². The van der Waals surface area contributed by atoms with Crippen LogP contribution in [0.1, 0.15) is 62.3 Å². The fourth-order valence-corrected chi connectivity index (χ4v) is 9.53. The van der Waals surface area contributed by atoms with Crippen LogP contribution in [0.25, 0.3) is 0 Å². The zero-order valence-electron chi connectivity index (χ0n) is 15.5. The van der Waals surface area contributed by atoms with Gasteiger partial charge < -0.3 is 0 Å². The van der Waals surface area contributed by atoms with Crippen molar-refractivity contribution in [3.05, 3.63) is 35.7 Å². The maximum atomic E-state index is 11.9. The molecule has 0 aliphatic heterocycles. The summed E-state index contributed by atoms with van der Waals surface area (Å²) in [6.07, 6.45) is 0. The second kappa shape index (κ2) is 9.04. The normalized spacial score (nSPS) is 12.4. The van der Waals surface area contributed by atoms with E-state index in [1.54, 1.807) is 6.07 Å². The topological polar surface area (TPSA) is 0 Å². The molecule has 0 saturated heterocycles. The monoisotopic (exact) mass is 530 g/mol. The van der Waals surface area contributed by atoms with Crippen LogP contribution in [0.5, 0.6) is 0 Å². The Kier molecular flexibility index (Phi) is 9.99. The van der Waals surface area contributed by atoms with Crippen molar-refractivity contribution in [3.8, 4) is 0 Å². The predicted octanol–water partition coefficient (Wildman–Crippen LogP) is 6.77. The van der Waals surface area contributed by atoms with Crippen molar-refractivity contribution in [1.82, 2.24) is 0 Å². The predicted molar refractivity (Wildman–Crippen MR) is 91.3 cm³/mol. The standard InChI is InChI=1S/C12H27P.C6H2F3.Au/c1-10(2,3)13(11(4,5)6)12(7,8)9;7-4-1-5(8)3-6(9)2-4;/h1-9H3;1-2H;/q;-1;+1. The quantitative estimate of drug-likeness (QED) is 0.198. The van der Waals surface area contributed by atoms with Crippen molar-refractivity contribution in [2.75, 3.05) is 0 Å². The van der Waals surface area contributed by atoms with E-state index in [2.05, 4.69) is 62.3 Å². The minimum absolute atomic E-state index is 0. The molecule has 0 bridgehead atoms. The van der Waals surface area contributed by atoms with Crippen molar-refractivity contribution >= 4 is 7.92 Å². The number of halogens is 3. The second-order valence-corrected chi connectivity index (χ2v) is 13.0. The van der Waals surface area contributed by atoms with Gasteiger partial charge in [0.1, 0.15) is 0 Å². The van der Waals surface area contributed by atoms with Crippen LogP contribution in [0.4, 0.5) is 13.2 Å². The van der Waals surface area contributed by atoms with E-state index in [0.29, 0.717) is 27.6 Å². The summed E-state index contributed by atoms with van der Waals surface area (Å²) < 4.78 is 35.7. The zero-order chi connectivity index (χ0) is 17.9. The molecule has 138 valence electrons. The molecule has 0 spiro atoms. The maximum Gasteiger partial charge on any atom is 1.00 e. The molecule has 5 heteroatoms. The van der Waals surface area contributed by atoms with Crippen LogP contribution >= 0.6 is 7.92 Å². The van der Waals surface area contributed by atoms with Crippen LogP contribution in [0.3, 0.4) is 0 Å². The largest absolute Gasteiger partial charge is 1.00 e. The first-order valence-electron chi connectivity index (χ1n) is 7.39. The summed E-state index contributed by atoms with van der Waals surface area (Å²) in [6, 6.07) is 2.75. The maximum absolute atomic E-state index is 11.9. The Bertz CT molecular complexity index is 399. The number of hydrogen-bond donors (Lipinski definition) is 0. The first-order chi connectivity index (χ1) is 9.55. The minimum Gasteiger partial charge on any atom is -0.236 e. The van der Waals surface area contributed by atoms with Gasteiger partial charge >= 0.3 is 22.4 Å². The van der Waals surface area contributed by atoms with Gasteiger partial charge in [0.25, 0.3) is 0 Å². The van der Waals surface area contributed by atoms with Crippen LogP contribution in [0, 0.1) is 23.5 Å². The molecule has 0 radical (unpaired) electrons. The first-order valence-corrected chi connectivity index (χ1v) is 8.73. The van der Waals surface area contributed by atoms with Gasteiger partial charge in [0.15, 0.2) is 0 Å². The van der Waals surface area contributed by atoms with Gasteiger partial charge in [-0.05, 0) is 15.5 Å². The molecule has 0 nitrogen and oxygen atoms in total. The first kappa shape index (κ1) is 25.4. The van der Waals surface area contributed by atoms with E-state index in [1.165, 1.54) is 0 Å². The molecular weight excluding hydrogens is 501 g/mol. The molecule has 1 aromatic carbocycles. The van der Waals surface area contributed by atoms with E-state index in [1.807, 2.05) is 0 Å². The molecule has 0 atom stereocenters. The van der Waals surface area contributed by atoms with Gasteiger partial charge in [-0.15, -0.1) is 18.2 Å². The van der Waals surface area contributed by atoms with E-state index in [4.69, 9.17) is 0 Å². The van der Waals surface area contributed by atoms with Crippen molar-refractivity contribution < 1.29 is 35.6 Å². The SMILES string of the molecule is CC(C)(C)P(C(C)(C)C)C(C)(C)C.Fc1[c-]c(F)cc(F)c1.[Au+]. The third kappa shape index (κ3) is 9.92. The number of benzene rings is 1. The molecule has 0 amide bonds. The molecule has 0 unspecified atom stereocenters. The molecular formula is C18H29AuF3P. The van der Waals surface area contributed by atoms with Gasteiger partial charge in [-0.25, -0.2) is 13.2 Å². The smallest absolute Gasteiger partial charge is 0.236 e. The van der Waals surface area contributed by atoms with Crippen molar-refractivity contribution in [1.29, 1.82) is 0 Å². The summed E-state index contributed by atoms with van der Waals surface area (Å²) >= 11 is 0. The Labute approximate surface area is 156 Å². The summed E-state index contributed by atoms with van der Waals surface area (Å²) in [5, 5.41) is 1.35. The number of hydrogen-bond acceptors (Lipinski definition) is 0. The fraction of sp³-hybridized carbons (Fsp3) is 0.667. The van der Waals surface area contributed by atoms with Gasteiger partial charge in [0, 0.05) is 17.5 Å². The van der Waals surface area contributed by atoms with Crippen molar-refractivity contribution in [2.45, 2.75) is 77.8 Å². The van der Waals surface area contributed by atoms with E-state index in [9.17, 15) is 13.2 Å². The Morgan fingerprint density at radius 3 is 1.09 bits per heavy atom. The molecule has 0 aliphatic rings. The van der Waals surface area contributed by atoms with Crippen LogP contribution in [-0.4, -0.2) is 15.5 Å². The van der Waals surface area contributed by atoms with Crippen LogP contribution in [-0.2, 0) is 22.4 Å². The van der Waals surface area contributed by atoms with E-state index in [0.717, 1.165) is 0 Å². The van der Waals surface area contributed by atoms with E-state index >= 15 is 0 Å². The zero-order valence-corrected chi connectivity index (χ0v) is 18.6. The van der Waals surface area contributed by atoms with Gasteiger partial charge in [0.2, 0.25) is 0 Å². The molecule has 0 saturated carbocycles. The average molecular weight is 530 g/mol. The summed E-state index contributed by atoms with van der Waals surface area (Å²) in [4.78, 5) is 0. The van der Waals surface area contributed by atoms with Crippen molar-refractivity contribution in [2.24, 2.45) is 0 Å². The summed E-state index contributed by atoms with van der Waals surface area (Å²) in [7, 11) is 0.0162. The van der Waals surface area contributed by atoms with Crippen molar-refractivity contribution in [3.63, 3.8) is 0 Å². The Morgan fingerprint density at radius 1 is 0.696 bits per heavy atom. The molecule has 0 aromatic heterocycles. The molecule has 1 aromatic rings. The molecule has 23 heavy (non-hydrogen) atoms. The molecule has 1 rings (SSSR count). The number of rotatable bonds is 0. The summed E-state index contributed by atoms with van der Waals surface area (Å²) in [5.74, 6) is -2.97. The van der Waals surface area contributed by atoms with E-state index < -0.39 is 17.5 Å². The minimum atomic E-state index is -1.02. The molecule has 0 aliphatic carbocycles. The third-order valence-corrected chi connectivity index (χ3v) is 6.81. The van der Waals surface area contributed by atoms with Gasteiger partial charge in [-0.2, -0.15) is 0 Å². The van der Waals surface area contributed by atoms with Crippen LogP contribution in [0.15, 0.2) is 12.1 Å². The van der Waals surface area contributed by atoms with Gasteiger partial charge in [0.05, 0.1) is 0 Å². The molecule has 0 fully saturated rings. The van der Waals surface area contributed by atoms with Gasteiger partial charge in [-0.3, -0.25) is 0 Å². The van der Waals surface area contributed by atoms with Crippen LogP contribution < -0.4 is 0 Å². The molecule has 0 heterocycles. The average Bonchev–Trinajstić information content (AvgIpc) is 2.05. The summed E-state index contributed by atoms with van der Waals surface area (Å²) in [5.41, 5.74) is 0. The Morgan fingerprint density at radius 2 is 0.957 bits per heavy atom. The third-order valence-electron chi connectivity index (χ3n) is 2.78. The van der Waals surface area contributed by atoms with Gasteiger partial charge in [-0.1, -0.05) is 70.2 Å². The summed E-state index contributed by atoms with van der Waals surface area (Å²) in [6.45, 7) is 21.5. The van der Waals surface area contributed by atoms with Crippen LogP contribution in [0.2, 0.25) is 0 Å². The Hall–Kier alpha value is 0.180. The second-order valence-electron chi connectivity index (χ2n) is 8.34. The Balaban J connectivity index is 0. The fourth-order valence-electron chi connectivity index (χ4n) is 3.49. The molecule has 0 N–H and O–H groups in total.